The van der Waals surface area contributed by atoms with E-state index in [0.29, 0.717) is 13.2 Å². The quantitative estimate of drug-likeness (QED) is 0.470. The van der Waals surface area contributed by atoms with Gasteiger partial charge < -0.3 is 15.0 Å². The lowest BCUT2D eigenvalue weighted by Crippen LogP contribution is -2.54. The normalized spacial score (nSPS) is 19.1. The Morgan fingerprint density at radius 2 is 2.47 bits per heavy atom. The topological polar surface area (TPSA) is 105 Å². The average Bonchev–Trinajstić information content (AvgIpc) is 2.47. The minimum absolute atomic E-state index is 0.0276. The second kappa shape index (κ2) is 5.76. The Bertz CT molecular complexity index is 471. The number of anilines is 2. The number of nitrogens with one attached hydrogen (secondary N) is 2. The van der Waals surface area contributed by atoms with Crippen molar-refractivity contribution in [1.82, 2.24) is 15.3 Å². The number of morpholine rings is 1. The molecule has 1 unspecified atom stereocenters. The third-order valence-electron chi connectivity index (χ3n) is 2.80. The molecule has 1 aromatic heterocycles. The summed E-state index contributed by atoms with van der Waals surface area (Å²) in [6, 6.07) is -0.631. The smallest absolute Gasteiger partial charge is 0.244 e. The molecule has 19 heavy (non-hydrogen) atoms. The van der Waals surface area contributed by atoms with Crippen LogP contribution in [0.4, 0.5) is 16.2 Å². The van der Waals surface area contributed by atoms with Gasteiger partial charge in [-0.3, -0.25) is 10.2 Å². The Kier molecular flexibility index (Phi) is 4.07. The number of likely N-dealkylation sites (N-methyl/N-ethyl adjacent to an activating group) is 1. The van der Waals surface area contributed by atoms with Gasteiger partial charge in [0.25, 0.3) is 0 Å². The fourth-order valence-electron chi connectivity index (χ4n) is 1.87. The minimum Gasteiger partial charge on any atom is -0.377 e. The number of ether oxygens (including phenoxy) is 1. The van der Waals surface area contributed by atoms with Crippen molar-refractivity contribution in [3.63, 3.8) is 0 Å². The molecule has 8 nitrogen and oxygen atoms in total. The lowest BCUT2D eigenvalue weighted by Gasteiger charge is -2.35. The number of carbonyl (C=O) groups is 1. The second-order valence-corrected chi connectivity index (χ2v) is 3.91. The molecule has 0 aliphatic carbocycles. The molecular formula is C10H15FN6O2. The summed E-state index contributed by atoms with van der Waals surface area (Å²) < 4.78 is 19.1. The summed E-state index contributed by atoms with van der Waals surface area (Å²) in [5.41, 5.74) is 2.24. The van der Waals surface area contributed by atoms with Gasteiger partial charge in [-0.05, 0) is 0 Å². The van der Waals surface area contributed by atoms with E-state index in [1.54, 1.807) is 4.90 Å². The van der Waals surface area contributed by atoms with Crippen LogP contribution in [0.15, 0.2) is 6.20 Å². The van der Waals surface area contributed by atoms with E-state index >= 15 is 0 Å². The van der Waals surface area contributed by atoms with Gasteiger partial charge in [0, 0.05) is 13.6 Å². The van der Waals surface area contributed by atoms with Gasteiger partial charge in [-0.2, -0.15) is 4.98 Å². The lowest BCUT2D eigenvalue weighted by molar-refractivity contribution is -0.124. The van der Waals surface area contributed by atoms with Crippen molar-refractivity contribution in [3.8, 4) is 0 Å². The first kappa shape index (κ1) is 13.4. The number of carbonyl (C=O) groups excluding carboxylic acids is 1. The molecule has 0 saturated carbocycles. The number of nitrogen functional groups attached to an aromatic ring is 1. The van der Waals surface area contributed by atoms with Gasteiger partial charge in [0.05, 0.1) is 19.4 Å². The van der Waals surface area contributed by atoms with E-state index in [2.05, 4.69) is 20.7 Å². The first-order valence-electron chi connectivity index (χ1n) is 5.72. The number of nitrogens with zero attached hydrogens (tertiary/aromatic N) is 3. The van der Waals surface area contributed by atoms with E-state index in [-0.39, 0.29) is 24.3 Å². The molecule has 0 spiro atoms. The number of aromatic nitrogens is 2. The maximum Gasteiger partial charge on any atom is 0.244 e. The predicted octanol–water partition coefficient (Wildman–Crippen LogP) is -1.15. The number of hydrogen-bond donors (Lipinski definition) is 3. The molecule has 104 valence electrons. The lowest BCUT2D eigenvalue weighted by atomic mass is 10.2. The van der Waals surface area contributed by atoms with E-state index in [9.17, 15) is 9.18 Å². The minimum atomic E-state index is -0.631. The van der Waals surface area contributed by atoms with E-state index in [4.69, 9.17) is 10.6 Å². The van der Waals surface area contributed by atoms with Gasteiger partial charge >= 0.3 is 0 Å². The molecule has 1 fully saturated rings. The van der Waals surface area contributed by atoms with Crippen molar-refractivity contribution in [1.29, 1.82) is 0 Å². The Balaban J connectivity index is 2.34. The molecule has 0 radical (unpaired) electrons. The van der Waals surface area contributed by atoms with E-state index in [1.165, 1.54) is 7.05 Å². The summed E-state index contributed by atoms with van der Waals surface area (Å²) in [7, 11) is 1.51. The molecule has 1 aromatic rings. The Labute approximate surface area is 109 Å². The Morgan fingerprint density at radius 3 is 3.16 bits per heavy atom. The van der Waals surface area contributed by atoms with Crippen molar-refractivity contribution >= 4 is 17.7 Å². The molecule has 9 heteroatoms. The second-order valence-electron chi connectivity index (χ2n) is 3.91. The number of amides is 1. The van der Waals surface area contributed by atoms with Crippen LogP contribution < -0.4 is 21.5 Å². The summed E-state index contributed by atoms with van der Waals surface area (Å²) >= 11 is 0. The molecule has 0 aromatic carbocycles. The standard InChI is InChI=1S/C10H15FN6O2/c1-13-9(18)7-5-19-3-2-17(7)8-6(11)4-14-10(15-8)16-12/h4,7H,2-3,5,12H2,1H3,(H,13,18)(H,14,15,16). The number of halogens is 1. The molecule has 4 N–H and O–H groups in total. The van der Waals surface area contributed by atoms with Crippen LogP contribution in [0, 0.1) is 5.82 Å². The summed E-state index contributed by atoms with van der Waals surface area (Å²) in [6.45, 7) is 0.923. The summed E-state index contributed by atoms with van der Waals surface area (Å²) in [5.74, 6) is 4.43. The van der Waals surface area contributed by atoms with Crippen molar-refractivity contribution in [3.05, 3.63) is 12.0 Å². The van der Waals surface area contributed by atoms with E-state index in [1.807, 2.05) is 0 Å². The third-order valence-corrected chi connectivity index (χ3v) is 2.80. The summed E-state index contributed by atoms with van der Waals surface area (Å²) in [6.07, 6.45) is 1.01. The van der Waals surface area contributed by atoms with Crippen LogP contribution in [0.25, 0.3) is 0 Å². The Hall–Kier alpha value is -2.00. The van der Waals surface area contributed by atoms with Gasteiger partial charge in [0.1, 0.15) is 6.04 Å². The highest BCUT2D eigenvalue weighted by Gasteiger charge is 2.31. The van der Waals surface area contributed by atoms with Crippen LogP contribution in [0.5, 0.6) is 0 Å². The van der Waals surface area contributed by atoms with Crippen LogP contribution in [-0.4, -0.2) is 48.7 Å². The highest BCUT2D eigenvalue weighted by molar-refractivity contribution is 5.85. The van der Waals surface area contributed by atoms with Gasteiger partial charge in [-0.15, -0.1) is 0 Å². The molecule has 2 heterocycles. The fraction of sp³-hybridized carbons (Fsp3) is 0.500. The van der Waals surface area contributed by atoms with Crippen molar-refractivity contribution in [2.24, 2.45) is 5.84 Å². The van der Waals surface area contributed by atoms with Crippen LogP contribution in [-0.2, 0) is 9.53 Å². The van der Waals surface area contributed by atoms with Crippen LogP contribution >= 0.6 is 0 Å². The SMILES string of the molecule is CNC(=O)C1COCCN1c1nc(NN)ncc1F. The zero-order valence-electron chi connectivity index (χ0n) is 10.4. The highest BCUT2D eigenvalue weighted by atomic mass is 19.1. The average molecular weight is 270 g/mol. The number of rotatable bonds is 3. The van der Waals surface area contributed by atoms with E-state index < -0.39 is 11.9 Å². The molecule has 1 saturated heterocycles. The van der Waals surface area contributed by atoms with Crippen molar-refractivity contribution in [2.45, 2.75) is 6.04 Å². The zero-order valence-corrected chi connectivity index (χ0v) is 10.4. The number of nitrogens with two attached hydrogens (primary N) is 1. The molecule has 2 rings (SSSR count). The predicted molar refractivity (Wildman–Crippen MR) is 65.8 cm³/mol. The van der Waals surface area contributed by atoms with Crippen LogP contribution in [0.3, 0.4) is 0 Å². The number of hydrogen-bond acceptors (Lipinski definition) is 7. The molecule has 1 atom stereocenters. The molecule has 1 aliphatic rings. The summed E-state index contributed by atoms with van der Waals surface area (Å²) in [4.78, 5) is 20.9. The number of hydrazine groups is 1. The van der Waals surface area contributed by atoms with Crippen molar-refractivity contribution < 1.29 is 13.9 Å². The van der Waals surface area contributed by atoms with E-state index in [0.717, 1.165) is 6.20 Å². The van der Waals surface area contributed by atoms with Crippen LogP contribution in [0.2, 0.25) is 0 Å². The van der Waals surface area contributed by atoms with Crippen molar-refractivity contribution in [2.75, 3.05) is 37.1 Å². The monoisotopic (exact) mass is 270 g/mol. The maximum absolute atomic E-state index is 13.8. The molecule has 0 bridgehead atoms. The third kappa shape index (κ3) is 2.71. The first-order chi connectivity index (χ1) is 9.17. The summed E-state index contributed by atoms with van der Waals surface area (Å²) in [5, 5.41) is 2.52. The first-order valence-corrected chi connectivity index (χ1v) is 5.72. The highest BCUT2D eigenvalue weighted by Crippen LogP contribution is 2.21. The van der Waals surface area contributed by atoms with Gasteiger partial charge in [-0.25, -0.2) is 15.2 Å². The zero-order chi connectivity index (χ0) is 13.8. The molecule has 1 amide bonds. The molecule has 1 aliphatic heterocycles. The van der Waals surface area contributed by atoms with Crippen LogP contribution in [0.1, 0.15) is 0 Å². The van der Waals surface area contributed by atoms with Gasteiger partial charge in [0.15, 0.2) is 11.6 Å². The molecular weight excluding hydrogens is 255 g/mol. The largest absolute Gasteiger partial charge is 0.377 e. The maximum atomic E-state index is 13.8. The Morgan fingerprint density at radius 1 is 1.68 bits per heavy atom. The van der Waals surface area contributed by atoms with Gasteiger partial charge in [0.2, 0.25) is 11.9 Å². The van der Waals surface area contributed by atoms with Gasteiger partial charge in [-0.1, -0.05) is 0 Å². The fourth-order valence-corrected chi connectivity index (χ4v) is 1.87.